The van der Waals surface area contributed by atoms with E-state index in [0.717, 1.165) is 16.6 Å². The summed E-state index contributed by atoms with van der Waals surface area (Å²) >= 11 is 0. The number of H-pyrrole nitrogens is 1. The molecule has 0 fully saturated rings. The average Bonchev–Trinajstić information content (AvgIpc) is 2.92. The van der Waals surface area contributed by atoms with Gasteiger partial charge in [0.1, 0.15) is 0 Å². The molecule has 22 heavy (non-hydrogen) atoms. The smallest absolute Gasteiger partial charge is 0.272 e. The third-order valence-corrected chi connectivity index (χ3v) is 3.27. The highest BCUT2D eigenvalue weighted by Crippen LogP contribution is 2.13. The Morgan fingerprint density at radius 2 is 2.09 bits per heavy atom. The monoisotopic (exact) mass is 294 g/mol. The SMILES string of the molecule is Cn1cc(C(=O)N/N=C/c2cc3ccccc3[nH]2)ccc1=O. The number of rotatable bonds is 3. The highest BCUT2D eigenvalue weighted by molar-refractivity contribution is 5.95. The van der Waals surface area contributed by atoms with Gasteiger partial charge in [0.15, 0.2) is 0 Å². The molecule has 0 aliphatic carbocycles. The number of hydrazone groups is 1. The van der Waals surface area contributed by atoms with Crippen molar-refractivity contribution in [1.29, 1.82) is 0 Å². The van der Waals surface area contributed by atoms with Crippen molar-refractivity contribution >= 4 is 23.0 Å². The molecular weight excluding hydrogens is 280 g/mol. The maximum Gasteiger partial charge on any atom is 0.272 e. The lowest BCUT2D eigenvalue weighted by atomic mass is 10.2. The van der Waals surface area contributed by atoms with Crippen LogP contribution >= 0.6 is 0 Å². The predicted molar refractivity (Wildman–Crippen MR) is 85.0 cm³/mol. The summed E-state index contributed by atoms with van der Waals surface area (Å²) in [5.41, 5.74) is 4.44. The van der Waals surface area contributed by atoms with Gasteiger partial charge in [0.2, 0.25) is 5.56 Å². The van der Waals surface area contributed by atoms with Crippen LogP contribution in [-0.2, 0) is 7.05 Å². The molecule has 0 radical (unpaired) electrons. The topological polar surface area (TPSA) is 79.2 Å². The molecule has 6 heteroatoms. The maximum absolute atomic E-state index is 11.9. The van der Waals surface area contributed by atoms with Crippen molar-refractivity contribution < 1.29 is 4.79 Å². The van der Waals surface area contributed by atoms with E-state index >= 15 is 0 Å². The zero-order valence-corrected chi connectivity index (χ0v) is 11.9. The molecule has 0 aliphatic heterocycles. The number of amides is 1. The third kappa shape index (κ3) is 2.80. The Labute approximate surface area is 126 Å². The quantitative estimate of drug-likeness (QED) is 0.569. The molecule has 1 aromatic carbocycles. The number of aromatic amines is 1. The number of carbonyl (C=O) groups is 1. The second-order valence-electron chi connectivity index (χ2n) is 4.88. The summed E-state index contributed by atoms with van der Waals surface area (Å²) in [6.07, 6.45) is 3.01. The van der Waals surface area contributed by atoms with E-state index in [1.807, 2.05) is 30.3 Å². The molecule has 3 aromatic rings. The predicted octanol–water partition coefficient (Wildman–Crippen LogP) is 1.63. The maximum atomic E-state index is 11.9. The molecule has 0 unspecified atom stereocenters. The van der Waals surface area contributed by atoms with Gasteiger partial charge in [-0.25, -0.2) is 5.43 Å². The van der Waals surface area contributed by atoms with Crippen molar-refractivity contribution in [1.82, 2.24) is 15.0 Å². The molecule has 3 rings (SSSR count). The zero-order chi connectivity index (χ0) is 15.5. The summed E-state index contributed by atoms with van der Waals surface area (Å²) in [5, 5.41) is 5.00. The number of nitrogens with zero attached hydrogens (tertiary/aromatic N) is 2. The number of para-hydroxylation sites is 1. The van der Waals surface area contributed by atoms with E-state index in [4.69, 9.17) is 0 Å². The van der Waals surface area contributed by atoms with Gasteiger partial charge in [-0.3, -0.25) is 9.59 Å². The minimum Gasteiger partial charge on any atom is -0.354 e. The van der Waals surface area contributed by atoms with E-state index in [1.54, 1.807) is 13.3 Å². The van der Waals surface area contributed by atoms with Gasteiger partial charge in [-0.05, 0) is 18.2 Å². The number of aryl methyl sites for hydroxylation is 1. The number of fused-ring (bicyclic) bond motifs is 1. The van der Waals surface area contributed by atoms with Crippen LogP contribution in [0.1, 0.15) is 16.1 Å². The number of benzene rings is 1. The number of hydrogen-bond acceptors (Lipinski definition) is 3. The van der Waals surface area contributed by atoms with E-state index in [0.29, 0.717) is 5.56 Å². The van der Waals surface area contributed by atoms with Crippen molar-refractivity contribution in [2.75, 3.05) is 0 Å². The average molecular weight is 294 g/mol. The van der Waals surface area contributed by atoms with E-state index in [-0.39, 0.29) is 11.5 Å². The third-order valence-electron chi connectivity index (χ3n) is 3.27. The van der Waals surface area contributed by atoms with Gasteiger partial charge in [0.25, 0.3) is 5.91 Å². The highest BCUT2D eigenvalue weighted by atomic mass is 16.2. The van der Waals surface area contributed by atoms with Crippen LogP contribution in [0.25, 0.3) is 10.9 Å². The molecule has 2 N–H and O–H groups in total. The van der Waals surface area contributed by atoms with E-state index in [9.17, 15) is 9.59 Å². The number of aromatic nitrogens is 2. The summed E-state index contributed by atoms with van der Waals surface area (Å²) in [6, 6.07) is 12.6. The van der Waals surface area contributed by atoms with Crippen molar-refractivity contribution in [2.24, 2.45) is 12.1 Å². The molecular formula is C16H14N4O2. The lowest BCUT2D eigenvalue weighted by Crippen LogP contribution is -2.22. The van der Waals surface area contributed by atoms with Gasteiger partial charge < -0.3 is 9.55 Å². The first-order valence-corrected chi connectivity index (χ1v) is 6.71. The number of pyridine rings is 1. The molecule has 0 aliphatic rings. The van der Waals surface area contributed by atoms with Crippen LogP contribution in [0.3, 0.4) is 0 Å². The van der Waals surface area contributed by atoms with Crippen molar-refractivity contribution in [3.05, 3.63) is 70.3 Å². The summed E-state index contributed by atoms with van der Waals surface area (Å²) in [6.45, 7) is 0. The minimum absolute atomic E-state index is 0.168. The lowest BCUT2D eigenvalue weighted by molar-refractivity contribution is 0.0954. The fourth-order valence-corrected chi connectivity index (χ4v) is 2.12. The molecule has 2 heterocycles. The van der Waals surface area contributed by atoms with Gasteiger partial charge in [0, 0.05) is 30.2 Å². The van der Waals surface area contributed by atoms with Gasteiger partial charge >= 0.3 is 0 Å². The first-order chi connectivity index (χ1) is 10.6. The van der Waals surface area contributed by atoms with Gasteiger partial charge in [0.05, 0.1) is 17.5 Å². The summed E-state index contributed by atoms with van der Waals surface area (Å²) < 4.78 is 1.34. The van der Waals surface area contributed by atoms with Crippen molar-refractivity contribution in [3.63, 3.8) is 0 Å². The Morgan fingerprint density at radius 1 is 1.27 bits per heavy atom. The number of nitrogens with one attached hydrogen (secondary N) is 2. The second kappa shape index (κ2) is 5.69. The Kier molecular flexibility index (Phi) is 3.57. The van der Waals surface area contributed by atoms with Crippen LogP contribution in [0, 0.1) is 0 Å². The molecule has 110 valence electrons. The van der Waals surface area contributed by atoms with Crippen LogP contribution in [-0.4, -0.2) is 21.7 Å². The highest BCUT2D eigenvalue weighted by Gasteiger charge is 2.05. The van der Waals surface area contributed by atoms with Crippen LogP contribution < -0.4 is 11.0 Å². The van der Waals surface area contributed by atoms with Gasteiger partial charge in [-0.15, -0.1) is 0 Å². The summed E-state index contributed by atoms with van der Waals surface area (Å²) in [5.74, 6) is -0.372. The Bertz CT molecular complexity index is 888. The largest absolute Gasteiger partial charge is 0.354 e. The van der Waals surface area contributed by atoms with Gasteiger partial charge in [-0.2, -0.15) is 5.10 Å². The molecule has 0 saturated carbocycles. The van der Waals surface area contributed by atoms with Gasteiger partial charge in [-0.1, -0.05) is 18.2 Å². The Balaban J connectivity index is 1.72. The molecule has 0 bridgehead atoms. The second-order valence-corrected chi connectivity index (χ2v) is 4.88. The number of carbonyl (C=O) groups excluding carboxylic acids is 1. The van der Waals surface area contributed by atoms with Crippen LogP contribution in [0.5, 0.6) is 0 Å². The van der Waals surface area contributed by atoms with Crippen molar-refractivity contribution in [3.8, 4) is 0 Å². The lowest BCUT2D eigenvalue weighted by Gasteiger charge is -2.01. The van der Waals surface area contributed by atoms with Crippen LogP contribution in [0.4, 0.5) is 0 Å². The molecule has 6 nitrogen and oxygen atoms in total. The summed E-state index contributed by atoms with van der Waals surface area (Å²) in [7, 11) is 1.59. The van der Waals surface area contributed by atoms with E-state index in [2.05, 4.69) is 15.5 Å². The standard InChI is InChI=1S/C16H14N4O2/c1-20-10-12(6-7-15(20)21)16(22)19-17-9-13-8-11-4-2-3-5-14(11)18-13/h2-10,18H,1H3,(H,19,22)/b17-9+. The van der Waals surface area contributed by atoms with E-state index in [1.165, 1.54) is 22.9 Å². The van der Waals surface area contributed by atoms with Crippen LogP contribution in [0.15, 0.2) is 58.6 Å². The van der Waals surface area contributed by atoms with E-state index < -0.39 is 0 Å². The molecule has 0 spiro atoms. The zero-order valence-electron chi connectivity index (χ0n) is 11.9. The molecule has 0 atom stereocenters. The Hall–Kier alpha value is -3.15. The first-order valence-electron chi connectivity index (χ1n) is 6.71. The molecule has 0 saturated heterocycles. The molecule has 2 aromatic heterocycles. The van der Waals surface area contributed by atoms with Crippen LogP contribution in [0.2, 0.25) is 0 Å². The normalized spacial score (nSPS) is 11.1. The fraction of sp³-hybridized carbons (Fsp3) is 0.0625. The fourth-order valence-electron chi connectivity index (χ4n) is 2.12. The summed E-state index contributed by atoms with van der Waals surface area (Å²) in [4.78, 5) is 26.4. The van der Waals surface area contributed by atoms with Crippen molar-refractivity contribution in [2.45, 2.75) is 0 Å². The minimum atomic E-state index is -0.372. The Morgan fingerprint density at radius 3 is 2.86 bits per heavy atom. The molecule has 1 amide bonds. The number of hydrogen-bond donors (Lipinski definition) is 2. The first kappa shape index (κ1) is 13.8.